The van der Waals surface area contributed by atoms with Gasteiger partial charge in [0.25, 0.3) is 0 Å². The lowest BCUT2D eigenvalue weighted by Crippen LogP contribution is -2.18. The van der Waals surface area contributed by atoms with Gasteiger partial charge >= 0.3 is 5.97 Å². The average Bonchev–Trinajstić information content (AvgIpc) is 2.78. The van der Waals surface area contributed by atoms with Crippen LogP contribution in [0.15, 0.2) is 23.9 Å². The van der Waals surface area contributed by atoms with E-state index < -0.39 is 0 Å². The van der Waals surface area contributed by atoms with Gasteiger partial charge in [0.05, 0.1) is 12.8 Å². The van der Waals surface area contributed by atoms with Gasteiger partial charge in [-0.3, -0.25) is 4.68 Å². The predicted octanol–water partition coefficient (Wildman–Crippen LogP) is 1.06. The Kier molecular flexibility index (Phi) is 6.14. The van der Waals surface area contributed by atoms with Crippen LogP contribution in [0.1, 0.15) is 19.0 Å². The highest BCUT2D eigenvalue weighted by Crippen LogP contribution is 2.01. The molecule has 0 bridgehead atoms. The molecule has 5 nitrogen and oxygen atoms in total. The second kappa shape index (κ2) is 7.66. The summed E-state index contributed by atoms with van der Waals surface area (Å²) in [5, 5.41) is 7.54. The molecule has 1 aromatic rings. The molecular formula is C13H21N3O2. The summed E-state index contributed by atoms with van der Waals surface area (Å²) in [6.07, 6.45) is 5.38. The number of nitrogens with one attached hydrogen (secondary N) is 1. The highest BCUT2D eigenvalue weighted by atomic mass is 16.5. The second-order valence-corrected chi connectivity index (χ2v) is 4.01. The average molecular weight is 251 g/mol. The Bertz CT molecular complexity index is 410. The largest absolute Gasteiger partial charge is 0.466 e. The van der Waals surface area contributed by atoms with Crippen molar-refractivity contribution in [3.63, 3.8) is 0 Å². The Morgan fingerprint density at radius 1 is 1.61 bits per heavy atom. The number of aryl methyl sites for hydroxylation is 1. The lowest BCUT2D eigenvalue weighted by molar-refractivity contribution is -0.136. The molecule has 0 aliphatic heterocycles. The maximum atomic E-state index is 11.3. The molecule has 0 saturated carbocycles. The first-order chi connectivity index (χ1) is 8.67. The fourth-order valence-corrected chi connectivity index (χ4v) is 1.61. The molecule has 5 heteroatoms. The SMILES string of the molecule is CC/C(=C/CNCCc1ccn(C)n1)C(=O)OC. The number of ether oxygens (including phenoxy) is 1. The van der Waals surface area contributed by atoms with Crippen molar-refractivity contribution in [2.75, 3.05) is 20.2 Å². The Morgan fingerprint density at radius 2 is 2.39 bits per heavy atom. The van der Waals surface area contributed by atoms with Gasteiger partial charge in [-0.05, 0) is 12.5 Å². The summed E-state index contributed by atoms with van der Waals surface area (Å²) in [5.74, 6) is -0.246. The molecule has 0 aliphatic carbocycles. The first-order valence-electron chi connectivity index (χ1n) is 6.14. The van der Waals surface area contributed by atoms with E-state index in [0.717, 1.165) is 18.7 Å². The van der Waals surface area contributed by atoms with Crippen LogP contribution in [-0.4, -0.2) is 35.9 Å². The molecule has 0 fully saturated rings. The van der Waals surface area contributed by atoms with Gasteiger partial charge in [0.15, 0.2) is 0 Å². The molecule has 0 amide bonds. The minimum atomic E-state index is -0.246. The van der Waals surface area contributed by atoms with Crippen LogP contribution in [0.25, 0.3) is 0 Å². The van der Waals surface area contributed by atoms with Gasteiger partial charge in [-0.1, -0.05) is 13.0 Å². The number of aromatic nitrogens is 2. The summed E-state index contributed by atoms with van der Waals surface area (Å²) in [6.45, 7) is 3.45. The summed E-state index contributed by atoms with van der Waals surface area (Å²) >= 11 is 0. The van der Waals surface area contributed by atoms with E-state index in [1.807, 2.05) is 32.3 Å². The summed E-state index contributed by atoms with van der Waals surface area (Å²) in [7, 11) is 3.31. The molecular weight excluding hydrogens is 230 g/mol. The van der Waals surface area contributed by atoms with E-state index in [1.165, 1.54) is 7.11 Å². The van der Waals surface area contributed by atoms with Crippen molar-refractivity contribution in [2.45, 2.75) is 19.8 Å². The van der Waals surface area contributed by atoms with Crippen LogP contribution < -0.4 is 5.32 Å². The first-order valence-corrected chi connectivity index (χ1v) is 6.14. The molecule has 1 heterocycles. The van der Waals surface area contributed by atoms with Crippen LogP contribution >= 0.6 is 0 Å². The van der Waals surface area contributed by atoms with Gasteiger partial charge in [0, 0.05) is 38.3 Å². The quantitative estimate of drug-likeness (QED) is 0.447. The van der Waals surface area contributed by atoms with Crippen LogP contribution in [-0.2, 0) is 23.0 Å². The second-order valence-electron chi connectivity index (χ2n) is 4.01. The number of rotatable bonds is 7. The summed E-state index contributed by atoms with van der Waals surface area (Å²) < 4.78 is 6.48. The van der Waals surface area contributed by atoms with Gasteiger partial charge in [-0.15, -0.1) is 0 Å². The minimum Gasteiger partial charge on any atom is -0.466 e. The van der Waals surface area contributed by atoms with Crippen molar-refractivity contribution in [1.29, 1.82) is 0 Å². The highest BCUT2D eigenvalue weighted by Gasteiger charge is 2.05. The summed E-state index contributed by atoms with van der Waals surface area (Å²) in [6, 6.07) is 2.00. The fraction of sp³-hybridized carbons (Fsp3) is 0.538. The van der Waals surface area contributed by atoms with Crippen molar-refractivity contribution in [1.82, 2.24) is 15.1 Å². The number of carbonyl (C=O) groups excluding carboxylic acids is 1. The molecule has 1 aromatic heterocycles. The van der Waals surface area contributed by atoms with Crippen LogP contribution in [0.4, 0.5) is 0 Å². The Hall–Kier alpha value is -1.62. The molecule has 100 valence electrons. The monoisotopic (exact) mass is 251 g/mol. The van der Waals surface area contributed by atoms with E-state index in [1.54, 1.807) is 4.68 Å². The third kappa shape index (κ3) is 4.71. The topological polar surface area (TPSA) is 56.2 Å². The van der Waals surface area contributed by atoms with Crippen molar-refractivity contribution in [3.8, 4) is 0 Å². The smallest absolute Gasteiger partial charge is 0.333 e. The van der Waals surface area contributed by atoms with Crippen molar-refractivity contribution < 1.29 is 9.53 Å². The standard InChI is InChI=1S/C13H21N3O2/c1-4-11(13(17)18-3)5-8-14-9-6-12-7-10-16(2)15-12/h5,7,10,14H,4,6,8-9H2,1-3H3/b11-5-. The zero-order valence-corrected chi connectivity index (χ0v) is 11.3. The normalized spacial score (nSPS) is 11.6. The molecule has 18 heavy (non-hydrogen) atoms. The molecule has 0 spiro atoms. The molecule has 0 aromatic carbocycles. The molecule has 1 N–H and O–H groups in total. The van der Waals surface area contributed by atoms with Gasteiger partial charge in [0.2, 0.25) is 0 Å². The molecule has 0 atom stereocenters. The first kappa shape index (κ1) is 14.4. The lowest BCUT2D eigenvalue weighted by atomic mass is 10.2. The fourth-order valence-electron chi connectivity index (χ4n) is 1.61. The van der Waals surface area contributed by atoms with Crippen molar-refractivity contribution in [3.05, 3.63) is 29.6 Å². The predicted molar refractivity (Wildman–Crippen MR) is 70.2 cm³/mol. The van der Waals surface area contributed by atoms with Crippen LogP contribution in [0, 0.1) is 0 Å². The Labute approximate surface area is 108 Å². The third-order valence-electron chi connectivity index (χ3n) is 2.65. The van der Waals surface area contributed by atoms with Gasteiger partial charge in [-0.2, -0.15) is 5.10 Å². The maximum absolute atomic E-state index is 11.3. The molecule has 1 rings (SSSR count). The maximum Gasteiger partial charge on any atom is 0.333 e. The zero-order chi connectivity index (χ0) is 13.4. The van der Waals surface area contributed by atoms with E-state index in [9.17, 15) is 4.79 Å². The number of carbonyl (C=O) groups is 1. The van der Waals surface area contributed by atoms with E-state index in [-0.39, 0.29) is 5.97 Å². The third-order valence-corrected chi connectivity index (χ3v) is 2.65. The number of esters is 1. The summed E-state index contributed by atoms with van der Waals surface area (Å²) in [5.41, 5.74) is 1.78. The van der Waals surface area contributed by atoms with Crippen molar-refractivity contribution >= 4 is 5.97 Å². The Morgan fingerprint density at radius 3 is 2.94 bits per heavy atom. The van der Waals surface area contributed by atoms with E-state index in [2.05, 4.69) is 15.2 Å². The molecule has 0 aliphatic rings. The number of hydrogen-bond acceptors (Lipinski definition) is 4. The molecule has 0 unspecified atom stereocenters. The lowest BCUT2D eigenvalue weighted by Gasteiger charge is -2.03. The minimum absolute atomic E-state index is 0.246. The molecule has 0 saturated heterocycles. The highest BCUT2D eigenvalue weighted by molar-refractivity contribution is 5.88. The van der Waals surface area contributed by atoms with Crippen LogP contribution in [0.2, 0.25) is 0 Å². The molecule has 0 radical (unpaired) electrons. The van der Waals surface area contributed by atoms with Gasteiger partial charge in [-0.25, -0.2) is 4.79 Å². The number of methoxy groups -OCH3 is 1. The van der Waals surface area contributed by atoms with Crippen LogP contribution in [0.5, 0.6) is 0 Å². The number of hydrogen-bond donors (Lipinski definition) is 1. The van der Waals surface area contributed by atoms with E-state index in [0.29, 0.717) is 18.5 Å². The van der Waals surface area contributed by atoms with E-state index in [4.69, 9.17) is 0 Å². The van der Waals surface area contributed by atoms with E-state index >= 15 is 0 Å². The van der Waals surface area contributed by atoms with Crippen molar-refractivity contribution in [2.24, 2.45) is 7.05 Å². The van der Waals surface area contributed by atoms with Gasteiger partial charge in [0.1, 0.15) is 0 Å². The summed E-state index contributed by atoms with van der Waals surface area (Å²) in [4.78, 5) is 11.3. The Balaban J connectivity index is 2.25. The number of nitrogens with zero attached hydrogens (tertiary/aromatic N) is 2. The zero-order valence-electron chi connectivity index (χ0n) is 11.3. The van der Waals surface area contributed by atoms with Crippen LogP contribution in [0.3, 0.4) is 0 Å². The van der Waals surface area contributed by atoms with Gasteiger partial charge < -0.3 is 10.1 Å².